The second-order valence-corrected chi connectivity index (χ2v) is 2.55. The number of tetrazole rings is 1. The summed E-state index contributed by atoms with van der Waals surface area (Å²) in [5, 5.41) is 10.8. The Morgan fingerprint density at radius 2 is 2.31 bits per heavy atom. The number of nitrogen functional groups attached to an aromatic ring is 1. The lowest BCUT2D eigenvalue weighted by molar-refractivity contribution is 0.522. The van der Waals surface area contributed by atoms with Crippen LogP contribution in [-0.4, -0.2) is 29.8 Å². The minimum atomic E-state index is 0.507. The zero-order chi connectivity index (χ0) is 9.10. The predicted molar refractivity (Wildman–Crippen MR) is 44.5 cm³/mol. The molecular formula is C6H9N7. The third-order valence-electron chi connectivity index (χ3n) is 1.71. The second-order valence-electron chi connectivity index (χ2n) is 2.55. The van der Waals surface area contributed by atoms with Crippen molar-refractivity contribution in [2.75, 3.05) is 5.73 Å². The van der Waals surface area contributed by atoms with Gasteiger partial charge in [0.1, 0.15) is 6.33 Å². The van der Waals surface area contributed by atoms with E-state index in [9.17, 15) is 0 Å². The molecule has 0 saturated carbocycles. The van der Waals surface area contributed by atoms with Gasteiger partial charge in [0.15, 0.2) is 5.95 Å². The number of aromatic nitrogens is 6. The maximum absolute atomic E-state index is 5.57. The van der Waals surface area contributed by atoms with Crippen molar-refractivity contribution in [1.82, 2.24) is 29.8 Å². The third-order valence-corrected chi connectivity index (χ3v) is 1.71. The van der Waals surface area contributed by atoms with Crippen molar-refractivity contribution < 1.29 is 0 Å². The number of imidazole rings is 1. The summed E-state index contributed by atoms with van der Waals surface area (Å²) in [5.41, 5.74) is 5.57. The fourth-order valence-corrected chi connectivity index (χ4v) is 1.02. The van der Waals surface area contributed by atoms with Crippen LogP contribution < -0.4 is 5.73 Å². The normalized spacial score (nSPS) is 10.5. The SMILES string of the molecule is Nc1nccn1CCn1cnnn1. The lowest BCUT2D eigenvalue weighted by atomic mass is 10.6. The molecule has 2 heterocycles. The Kier molecular flexibility index (Phi) is 1.91. The molecule has 2 N–H and O–H groups in total. The van der Waals surface area contributed by atoms with Gasteiger partial charge in [0.25, 0.3) is 0 Å². The van der Waals surface area contributed by atoms with E-state index in [4.69, 9.17) is 5.73 Å². The van der Waals surface area contributed by atoms with E-state index < -0.39 is 0 Å². The van der Waals surface area contributed by atoms with Gasteiger partial charge in [0.2, 0.25) is 0 Å². The molecule has 7 nitrogen and oxygen atoms in total. The van der Waals surface area contributed by atoms with Gasteiger partial charge >= 0.3 is 0 Å². The summed E-state index contributed by atoms with van der Waals surface area (Å²) in [7, 11) is 0. The standard InChI is InChI=1S/C6H9N7/c7-6-8-1-2-12(6)3-4-13-5-9-10-11-13/h1-2,5H,3-4H2,(H2,7,8). The largest absolute Gasteiger partial charge is 0.369 e. The Hall–Kier alpha value is -1.92. The highest BCUT2D eigenvalue weighted by Gasteiger charge is 1.97. The number of hydrogen-bond donors (Lipinski definition) is 1. The molecule has 2 aromatic rings. The Morgan fingerprint density at radius 3 is 2.92 bits per heavy atom. The highest BCUT2D eigenvalue weighted by atomic mass is 15.5. The minimum Gasteiger partial charge on any atom is -0.369 e. The topological polar surface area (TPSA) is 87.4 Å². The van der Waals surface area contributed by atoms with Crippen LogP contribution in [0.25, 0.3) is 0 Å². The Labute approximate surface area is 74.2 Å². The van der Waals surface area contributed by atoms with Crippen LogP contribution >= 0.6 is 0 Å². The van der Waals surface area contributed by atoms with Crippen LogP contribution in [-0.2, 0) is 13.1 Å². The molecule has 0 aliphatic carbocycles. The van der Waals surface area contributed by atoms with Gasteiger partial charge in [0, 0.05) is 18.9 Å². The van der Waals surface area contributed by atoms with Crippen LogP contribution in [0.15, 0.2) is 18.7 Å². The number of nitrogens with zero attached hydrogens (tertiary/aromatic N) is 6. The van der Waals surface area contributed by atoms with Crippen molar-refractivity contribution in [3.05, 3.63) is 18.7 Å². The molecule has 0 aliphatic rings. The number of hydrogen-bond acceptors (Lipinski definition) is 5. The summed E-state index contributed by atoms with van der Waals surface area (Å²) in [6.07, 6.45) is 5.04. The summed E-state index contributed by atoms with van der Waals surface area (Å²) in [4.78, 5) is 3.90. The van der Waals surface area contributed by atoms with E-state index in [1.54, 1.807) is 17.2 Å². The van der Waals surface area contributed by atoms with E-state index in [1.807, 2.05) is 10.8 Å². The molecule has 2 aromatic heterocycles. The van der Waals surface area contributed by atoms with Gasteiger partial charge in [-0.2, -0.15) is 0 Å². The fraction of sp³-hybridized carbons (Fsp3) is 0.333. The number of aryl methyl sites for hydroxylation is 2. The summed E-state index contributed by atoms with van der Waals surface area (Å²) >= 11 is 0. The molecule has 0 fully saturated rings. The summed E-state index contributed by atoms with van der Waals surface area (Å²) in [6, 6.07) is 0. The molecule has 0 unspecified atom stereocenters. The van der Waals surface area contributed by atoms with Gasteiger partial charge in [-0.3, -0.25) is 0 Å². The van der Waals surface area contributed by atoms with E-state index in [-0.39, 0.29) is 0 Å². The minimum absolute atomic E-state index is 0.507. The highest BCUT2D eigenvalue weighted by molar-refractivity contribution is 5.16. The molecule has 13 heavy (non-hydrogen) atoms. The number of nitrogens with two attached hydrogens (primary N) is 1. The molecule has 0 bridgehead atoms. The molecule has 0 saturated heterocycles. The van der Waals surface area contributed by atoms with Crippen molar-refractivity contribution in [2.24, 2.45) is 0 Å². The van der Waals surface area contributed by atoms with Gasteiger partial charge in [0.05, 0.1) is 6.54 Å². The van der Waals surface area contributed by atoms with Crippen molar-refractivity contribution in [3.8, 4) is 0 Å². The first-order valence-electron chi connectivity index (χ1n) is 3.83. The molecule has 0 aliphatic heterocycles. The van der Waals surface area contributed by atoms with Crippen molar-refractivity contribution in [2.45, 2.75) is 13.1 Å². The molecule has 0 aromatic carbocycles. The number of rotatable bonds is 3. The lowest BCUT2D eigenvalue weighted by Gasteiger charge is -2.02. The van der Waals surface area contributed by atoms with E-state index in [0.717, 1.165) is 6.54 Å². The summed E-state index contributed by atoms with van der Waals surface area (Å²) < 4.78 is 3.47. The van der Waals surface area contributed by atoms with Gasteiger partial charge in [-0.1, -0.05) is 0 Å². The Balaban J connectivity index is 1.97. The monoisotopic (exact) mass is 179 g/mol. The Morgan fingerprint density at radius 1 is 1.38 bits per heavy atom. The van der Waals surface area contributed by atoms with Crippen LogP contribution in [0.2, 0.25) is 0 Å². The summed E-state index contributed by atoms with van der Waals surface area (Å²) in [5.74, 6) is 0.507. The smallest absolute Gasteiger partial charge is 0.200 e. The molecule has 0 radical (unpaired) electrons. The molecule has 0 amide bonds. The maximum Gasteiger partial charge on any atom is 0.200 e. The molecule has 2 rings (SSSR count). The first kappa shape index (κ1) is 7.71. The van der Waals surface area contributed by atoms with Crippen molar-refractivity contribution in [1.29, 1.82) is 0 Å². The highest BCUT2D eigenvalue weighted by Crippen LogP contribution is 1.98. The quantitative estimate of drug-likeness (QED) is 0.663. The Bertz CT molecular complexity index is 362. The lowest BCUT2D eigenvalue weighted by Crippen LogP contribution is -2.09. The molecule has 7 heteroatoms. The van der Waals surface area contributed by atoms with Crippen LogP contribution in [0.5, 0.6) is 0 Å². The van der Waals surface area contributed by atoms with E-state index in [0.29, 0.717) is 12.5 Å². The van der Waals surface area contributed by atoms with E-state index >= 15 is 0 Å². The average molecular weight is 179 g/mol. The third kappa shape index (κ3) is 1.63. The van der Waals surface area contributed by atoms with Gasteiger partial charge in [-0.05, 0) is 10.4 Å². The van der Waals surface area contributed by atoms with Gasteiger partial charge in [-0.15, -0.1) is 5.10 Å². The van der Waals surface area contributed by atoms with Gasteiger partial charge in [-0.25, -0.2) is 9.67 Å². The maximum atomic E-state index is 5.57. The van der Waals surface area contributed by atoms with E-state index in [1.165, 1.54) is 0 Å². The molecular weight excluding hydrogens is 170 g/mol. The zero-order valence-corrected chi connectivity index (χ0v) is 6.91. The number of anilines is 1. The van der Waals surface area contributed by atoms with Crippen LogP contribution in [0.1, 0.15) is 0 Å². The average Bonchev–Trinajstić information content (AvgIpc) is 2.72. The molecule has 0 spiro atoms. The first-order valence-corrected chi connectivity index (χ1v) is 3.83. The second kappa shape index (κ2) is 3.21. The van der Waals surface area contributed by atoms with Crippen molar-refractivity contribution in [3.63, 3.8) is 0 Å². The van der Waals surface area contributed by atoms with Crippen molar-refractivity contribution >= 4 is 5.95 Å². The molecule has 68 valence electrons. The van der Waals surface area contributed by atoms with Crippen LogP contribution in [0.3, 0.4) is 0 Å². The first-order chi connectivity index (χ1) is 6.36. The van der Waals surface area contributed by atoms with Crippen LogP contribution in [0, 0.1) is 0 Å². The fourth-order valence-electron chi connectivity index (χ4n) is 1.02. The zero-order valence-electron chi connectivity index (χ0n) is 6.91. The van der Waals surface area contributed by atoms with E-state index in [2.05, 4.69) is 20.5 Å². The summed E-state index contributed by atoms with van der Waals surface area (Å²) in [6.45, 7) is 1.41. The molecule has 0 atom stereocenters. The van der Waals surface area contributed by atoms with Gasteiger partial charge < -0.3 is 10.3 Å². The van der Waals surface area contributed by atoms with Crippen LogP contribution in [0.4, 0.5) is 5.95 Å². The predicted octanol–water partition coefficient (Wildman–Crippen LogP) is -0.848.